The first-order valence-corrected chi connectivity index (χ1v) is 7.31. The highest BCUT2D eigenvalue weighted by Crippen LogP contribution is 2.14. The van der Waals surface area contributed by atoms with Crippen LogP contribution in [-0.4, -0.2) is 18.8 Å². The summed E-state index contributed by atoms with van der Waals surface area (Å²) in [7, 11) is 1.57. The Morgan fingerprint density at radius 2 is 1.65 bits per heavy atom. The quantitative estimate of drug-likeness (QED) is 0.790. The molecule has 23 heavy (non-hydrogen) atoms. The molecule has 0 aliphatic rings. The SMILES string of the molecule is COc1ccc(C(=O)CCCC(=O)Nc2ccc(F)cc2)cc1. The lowest BCUT2D eigenvalue weighted by molar-refractivity contribution is -0.116. The number of amides is 1. The maximum Gasteiger partial charge on any atom is 0.224 e. The smallest absolute Gasteiger partial charge is 0.224 e. The molecular formula is C18H18FNO3. The first-order chi connectivity index (χ1) is 11.1. The third-order valence-corrected chi connectivity index (χ3v) is 3.35. The molecule has 120 valence electrons. The van der Waals surface area contributed by atoms with Gasteiger partial charge in [0.15, 0.2) is 5.78 Å². The molecule has 2 rings (SSSR count). The number of carbonyl (C=O) groups is 2. The second kappa shape index (κ2) is 8.08. The van der Waals surface area contributed by atoms with Gasteiger partial charge in [0.05, 0.1) is 7.11 Å². The van der Waals surface area contributed by atoms with Crippen LogP contribution in [0.15, 0.2) is 48.5 Å². The number of carbonyl (C=O) groups excluding carboxylic acids is 2. The summed E-state index contributed by atoms with van der Waals surface area (Å²) in [4.78, 5) is 23.8. The number of Topliss-reactive ketones (excluding diaryl/α,β-unsaturated/α-hetero) is 1. The summed E-state index contributed by atoms with van der Waals surface area (Å²) in [6, 6.07) is 12.4. The van der Waals surface area contributed by atoms with Crippen LogP contribution in [0.25, 0.3) is 0 Å². The number of ether oxygens (including phenoxy) is 1. The molecule has 0 heterocycles. The van der Waals surface area contributed by atoms with Crippen molar-refractivity contribution in [3.8, 4) is 5.75 Å². The fourth-order valence-corrected chi connectivity index (χ4v) is 2.09. The summed E-state index contributed by atoms with van der Waals surface area (Å²) < 4.78 is 17.8. The van der Waals surface area contributed by atoms with Gasteiger partial charge >= 0.3 is 0 Å². The van der Waals surface area contributed by atoms with Gasteiger partial charge < -0.3 is 10.1 Å². The number of benzene rings is 2. The van der Waals surface area contributed by atoms with E-state index in [-0.39, 0.29) is 23.9 Å². The second-order valence-electron chi connectivity index (χ2n) is 5.06. The van der Waals surface area contributed by atoms with E-state index in [0.29, 0.717) is 29.8 Å². The Morgan fingerprint density at radius 3 is 2.26 bits per heavy atom. The van der Waals surface area contributed by atoms with E-state index in [0.717, 1.165) is 0 Å². The third-order valence-electron chi connectivity index (χ3n) is 3.35. The lowest BCUT2D eigenvalue weighted by atomic mass is 10.1. The van der Waals surface area contributed by atoms with Crippen molar-refractivity contribution in [1.82, 2.24) is 0 Å². The monoisotopic (exact) mass is 315 g/mol. The number of hydrogen-bond acceptors (Lipinski definition) is 3. The number of nitrogens with one attached hydrogen (secondary N) is 1. The second-order valence-corrected chi connectivity index (χ2v) is 5.06. The minimum atomic E-state index is -0.354. The summed E-state index contributed by atoms with van der Waals surface area (Å²) in [5.74, 6) is 0.134. The van der Waals surface area contributed by atoms with E-state index in [4.69, 9.17) is 4.74 Å². The Kier molecular flexibility index (Phi) is 5.86. The molecule has 0 atom stereocenters. The number of hydrogen-bond donors (Lipinski definition) is 1. The number of methoxy groups -OCH3 is 1. The van der Waals surface area contributed by atoms with Gasteiger partial charge in [-0.15, -0.1) is 0 Å². The predicted molar refractivity (Wildman–Crippen MR) is 86.2 cm³/mol. The van der Waals surface area contributed by atoms with E-state index in [1.165, 1.54) is 24.3 Å². The van der Waals surface area contributed by atoms with Crippen molar-refractivity contribution in [1.29, 1.82) is 0 Å². The average Bonchev–Trinajstić information content (AvgIpc) is 2.57. The highest BCUT2D eigenvalue weighted by Gasteiger charge is 2.08. The molecule has 0 radical (unpaired) electrons. The van der Waals surface area contributed by atoms with Gasteiger partial charge in [-0.1, -0.05) is 0 Å². The summed E-state index contributed by atoms with van der Waals surface area (Å²) >= 11 is 0. The Morgan fingerprint density at radius 1 is 1.00 bits per heavy atom. The number of rotatable bonds is 7. The largest absolute Gasteiger partial charge is 0.497 e. The van der Waals surface area contributed by atoms with Crippen molar-refractivity contribution in [2.45, 2.75) is 19.3 Å². The van der Waals surface area contributed by atoms with Crippen molar-refractivity contribution in [3.05, 3.63) is 59.9 Å². The molecule has 0 bridgehead atoms. The standard InChI is InChI=1S/C18H18FNO3/c1-23-16-11-5-13(6-12-16)17(21)3-2-4-18(22)20-15-9-7-14(19)8-10-15/h5-12H,2-4H2,1H3,(H,20,22). The first-order valence-electron chi connectivity index (χ1n) is 7.31. The van der Waals surface area contributed by atoms with Gasteiger partial charge in [0.25, 0.3) is 0 Å². The fraction of sp³-hybridized carbons (Fsp3) is 0.222. The number of halogens is 1. The van der Waals surface area contributed by atoms with E-state index >= 15 is 0 Å². The van der Waals surface area contributed by atoms with Crippen LogP contribution in [0.4, 0.5) is 10.1 Å². The van der Waals surface area contributed by atoms with Crippen LogP contribution in [0.1, 0.15) is 29.6 Å². The van der Waals surface area contributed by atoms with Gasteiger partial charge in [0.2, 0.25) is 5.91 Å². The van der Waals surface area contributed by atoms with Crippen molar-refractivity contribution in [2.75, 3.05) is 12.4 Å². The first kappa shape index (κ1) is 16.7. The minimum Gasteiger partial charge on any atom is -0.497 e. The highest BCUT2D eigenvalue weighted by molar-refractivity contribution is 5.96. The molecule has 2 aromatic carbocycles. The molecule has 0 aliphatic carbocycles. The van der Waals surface area contributed by atoms with Gasteiger partial charge in [-0.05, 0) is 55.0 Å². The minimum absolute atomic E-state index is 0.0118. The molecule has 2 aromatic rings. The molecule has 0 spiro atoms. The van der Waals surface area contributed by atoms with Crippen LogP contribution in [0.2, 0.25) is 0 Å². The highest BCUT2D eigenvalue weighted by atomic mass is 19.1. The Bertz CT molecular complexity index is 666. The predicted octanol–water partition coefficient (Wildman–Crippen LogP) is 3.83. The molecule has 4 nitrogen and oxygen atoms in total. The molecule has 0 aromatic heterocycles. The van der Waals surface area contributed by atoms with E-state index in [1.54, 1.807) is 31.4 Å². The van der Waals surface area contributed by atoms with Crippen molar-refractivity contribution in [2.24, 2.45) is 0 Å². The maximum absolute atomic E-state index is 12.8. The van der Waals surface area contributed by atoms with Crippen molar-refractivity contribution in [3.63, 3.8) is 0 Å². The van der Waals surface area contributed by atoms with E-state index in [2.05, 4.69) is 5.32 Å². The summed E-state index contributed by atoms with van der Waals surface area (Å²) in [5, 5.41) is 2.66. The fourth-order valence-electron chi connectivity index (χ4n) is 2.09. The maximum atomic E-state index is 12.8. The number of anilines is 1. The summed E-state index contributed by atoms with van der Waals surface area (Å²) in [6.45, 7) is 0. The normalized spacial score (nSPS) is 10.2. The Balaban J connectivity index is 1.76. The molecule has 0 saturated carbocycles. The molecule has 0 unspecified atom stereocenters. The van der Waals surface area contributed by atoms with Crippen LogP contribution in [0.5, 0.6) is 5.75 Å². The van der Waals surface area contributed by atoms with Gasteiger partial charge in [-0.2, -0.15) is 0 Å². The molecule has 0 aliphatic heterocycles. The third kappa shape index (κ3) is 5.21. The van der Waals surface area contributed by atoms with E-state index in [9.17, 15) is 14.0 Å². The molecule has 1 amide bonds. The van der Waals surface area contributed by atoms with E-state index in [1.807, 2.05) is 0 Å². The Hall–Kier alpha value is -2.69. The summed E-state index contributed by atoms with van der Waals surface area (Å²) in [6.07, 6.45) is 0.986. The van der Waals surface area contributed by atoms with Gasteiger partial charge in [-0.3, -0.25) is 9.59 Å². The topological polar surface area (TPSA) is 55.4 Å². The zero-order valence-electron chi connectivity index (χ0n) is 12.8. The van der Waals surface area contributed by atoms with Crippen molar-refractivity contribution >= 4 is 17.4 Å². The molecule has 0 fully saturated rings. The average molecular weight is 315 g/mol. The molecule has 5 heteroatoms. The summed E-state index contributed by atoms with van der Waals surface area (Å²) in [5.41, 5.74) is 1.14. The van der Waals surface area contributed by atoms with Gasteiger partial charge in [0, 0.05) is 24.1 Å². The number of ketones is 1. The van der Waals surface area contributed by atoms with Crippen LogP contribution >= 0.6 is 0 Å². The van der Waals surface area contributed by atoms with E-state index < -0.39 is 0 Å². The zero-order valence-corrected chi connectivity index (χ0v) is 12.8. The lowest BCUT2D eigenvalue weighted by Gasteiger charge is -2.05. The molecular weight excluding hydrogens is 297 g/mol. The van der Waals surface area contributed by atoms with Crippen molar-refractivity contribution < 1.29 is 18.7 Å². The van der Waals surface area contributed by atoms with Crippen LogP contribution in [-0.2, 0) is 4.79 Å². The molecule has 1 N–H and O–H groups in total. The Labute approximate surface area is 134 Å². The molecule has 0 saturated heterocycles. The van der Waals surface area contributed by atoms with Crippen LogP contribution in [0, 0.1) is 5.82 Å². The van der Waals surface area contributed by atoms with Gasteiger partial charge in [0.1, 0.15) is 11.6 Å². The zero-order chi connectivity index (χ0) is 16.7. The van der Waals surface area contributed by atoms with Gasteiger partial charge in [-0.25, -0.2) is 4.39 Å². The van der Waals surface area contributed by atoms with Crippen LogP contribution < -0.4 is 10.1 Å². The van der Waals surface area contributed by atoms with Crippen LogP contribution in [0.3, 0.4) is 0 Å². The lowest BCUT2D eigenvalue weighted by Crippen LogP contribution is -2.12.